The third-order valence-corrected chi connectivity index (χ3v) is 2.07. The highest BCUT2D eigenvalue weighted by molar-refractivity contribution is 5.16. The molecule has 1 N–H and O–H groups in total. The van der Waals surface area contributed by atoms with E-state index in [4.69, 9.17) is 0 Å². The van der Waals surface area contributed by atoms with E-state index >= 15 is 0 Å². The lowest BCUT2D eigenvalue weighted by Crippen LogP contribution is -2.12. The Morgan fingerprint density at radius 1 is 1.69 bits per heavy atom. The SMILES string of the molecule is C=CCn1ncc(CNCC)c1C. The fourth-order valence-corrected chi connectivity index (χ4v) is 1.22. The van der Waals surface area contributed by atoms with Crippen LogP contribution in [0.1, 0.15) is 18.2 Å². The standard InChI is InChI=1S/C10H17N3/c1-4-6-13-9(3)10(8-12-13)7-11-5-2/h4,8,11H,1,5-7H2,2-3H3. The van der Waals surface area contributed by atoms with Gasteiger partial charge in [-0.3, -0.25) is 4.68 Å². The van der Waals surface area contributed by atoms with Crippen LogP contribution < -0.4 is 5.32 Å². The minimum Gasteiger partial charge on any atom is -0.313 e. The van der Waals surface area contributed by atoms with Crippen molar-refractivity contribution in [2.45, 2.75) is 26.9 Å². The van der Waals surface area contributed by atoms with E-state index in [1.54, 1.807) is 0 Å². The fraction of sp³-hybridized carbons (Fsp3) is 0.500. The molecule has 0 aromatic carbocycles. The number of nitrogens with one attached hydrogen (secondary N) is 1. The number of nitrogens with zero attached hydrogens (tertiary/aromatic N) is 2. The molecule has 1 rings (SSSR count). The van der Waals surface area contributed by atoms with Crippen molar-refractivity contribution in [3.05, 3.63) is 30.1 Å². The van der Waals surface area contributed by atoms with Crippen molar-refractivity contribution in [3.63, 3.8) is 0 Å². The highest BCUT2D eigenvalue weighted by Gasteiger charge is 2.03. The molecule has 1 heterocycles. The van der Waals surface area contributed by atoms with Crippen LogP contribution in [0.3, 0.4) is 0 Å². The van der Waals surface area contributed by atoms with Crippen LogP contribution in [0, 0.1) is 6.92 Å². The van der Waals surface area contributed by atoms with Crippen molar-refractivity contribution >= 4 is 0 Å². The Balaban J connectivity index is 2.68. The molecule has 13 heavy (non-hydrogen) atoms. The lowest BCUT2D eigenvalue weighted by atomic mass is 10.2. The van der Waals surface area contributed by atoms with E-state index in [9.17, 15) is 0 Å². The number of rotatable bonds is 5. The molecule has 1 aromatic heterocycles. The van der Waals surface area contributed by atoms with E-state index in [0.29, 0.717) is 0 Å². The summed E-state index contributed by atoms with van der Waals surface area (Å²) in [7, 11) is 0. The van der Waals surface area contributed by atoms with Crippen LogP contribution in [0.25, 0.3) is 0 Å². The Morgan fingerprint density at radius 2 is 2.46 bits per heavy atom. The quantitative estimate of drug-likeness (QED) is 0.694. The molecule has 0 fully saturated rings. The van der Waals surface area contributed by atoms with Gasteiger partial charge in [0.1, 0.15) is 0 Å². The summed E-state index contributed by atoms with van der Waals surface area (Å²) < 4.78 is 1.96. The molecule has 0 aliphatic carbocycles. The Labute approximate surface area is 79.5 Å². The average Bonchev–Trinajstić information content (AvgIpc) is 2.46. The lowest BCUT2D eigenvalue weighted by Gasteiger charge is -2.02. The molecule has 0 bridgehead atoms. The van der Waals surface area contributed by atoms with Gasteiger partial charge in [0.05, 0.1) is 12.7 Å². The molecule has 0 unspecified atom stereocenters. The van der Waals surface area contributed by atoms with Crippen LogP contribution in [0.5, 0.6) is 0 Å². The summed E-state index contributed by atoms with van der Waals surface area (Å²) in [6.07, 6.45) is 3.78. The Hall–Kier alpha value is -1.09. The molecule has 0 aliphatic heterocycles. The van der Waals surface area contributed by atoms with E-state index in [1.165, 1.54) is 11.3 Å². The van der Waals surface area contributed by atoms with Crippen LogP contribution in [-0.4, -0.2) is 16.3 Å². The molecular formula is C10H17N3. The predicted octanol–water partition coefficient (Wildman–Crippen LogP) is 1.49. The maximum absolute atomic E-state index is 4.26. The Morgan fingerprint density at radius 3 is 3.08 bits per heavy atom. The van der Waals surface area contributed by atoms with Gasteiger partial charge in [0, 0.05) is 17.8 Å². The van der Waals surface area contributed by atoms with Crippen LogP contribution in [0.15, 0.2) is 18.9 Å². The average molecular weight is 179 g/mol. The first-order valence-electron chi connectivity index (χ1n) is 4.62. The zero-order chi connectivity index (χ0) is 9.68. The molecule has 0 aliphatic rings. The van der Waals surface area contributed by atoms with Crippen LogP contribution >= 0.6 is 0 Å². The molecular weight excluding hydrogens is 162 g/mol. The van der Waals surface area contributed by atoms with Crippen LogP contribution in [0.4, 0.5) is 0 Å². The maximum Gasteiger partial charge on any atom is 0.0590 e. The van der Waals surface area contributed by atoms with Crippen molar-refractivity contribution < 1.29 is 0 Å². The second kappa shape index (κ2) is 4.82. The van der Waals surface area contributed by atoms with Gasteiger partial charge in [-0.25, -0.2) is 0 Å². The van der Waals surface area contributed by atoms with E-state index < -0.39 is 0 Å². The Bertz CT molecular complexity index is 276. The summed E-state index contributed by atoms with van der Waals surface area (Å²) in [4.78, 5) is 0. The zero-order valence-electron chi connectivity index (χ0n) is 8.38. The first-order valence-corrected chi connectivity index (χ1v) is 4.62. The van der Waals surface area contributed by atoms with Crippen LogP contribution in [-0.2, 0) is 13.1 Å². The molecule has 0 radical (unpaired) electrons. The van der Waals surface area contributed by atoms with E-state index in [1.807, 2.05) is 17.0 Å². The van der Waals surface area contributed by atoms with Gasteiger partial charge < -0.3 is 5.32 Å². The summed E-state index contributed by atoms with van der Waals surface area (Å²) in [6, 6.07) is 0. The lowest BCUT2D eigenvalue weighted by molar-refractivity contribution is 0.672. The highest BCUT2D eigenvalue weighted by atomic mass is 15.3. The second-order valence-corrected chi connectivity index (χ2v) is 3.01. The van der Waals surface area contributed by atoms with Crippen LogP contribution in [0.2, 0.25) is 0 Å². The molecule has 0 amide bonds. The summed E-state index contributed by atoms with van der Waals surface area (Å²) in [5.74, 6) is 0. The van der Waals surface area contributed by atoms with Gasteiger partial charge >= 0.3 is 0 Å². The van der Waals surface area contributed by atoms with Gasteiger partial charge in [-0.2, -0.15) is 5.10 Å². The van der Waals surface area contributed by atoms with Crippen molar-refractivity contribution in [2.24, 2.45) is 0 Å². The van der Waals surface area contributed by atoms with Crippen molar-refractivity contribution in [3.8, 4) is 0 Å². The van der Waals surface area contributed by atoms with Gasteiger partial charge in [-0.1, -0.05) is 13.0 Å². The van der Waals surface area contributed by atoms with Crippen molar-refractivity contribution in [1.82, 2.24) is 15.1 Å². The second-order valence-electron chi connectivity index (χ2n) is 3.01. The molecule has 0 saturated heterocycles. The third kappa shape index (κ3) is 2.42. The van der Waals surface area contributed by atoms with Gasteiger partial charge in [0.2, 0.25) is 0 Å². The number of hydrogen-bond acceptors (Lipinski definition) is 2. The summed E-state index contributed by atoms with van der Waals surface area (Å²) in [6.45, 7) is 10.6. The monoisotopic (exact) mass is 179 g/mol. The fourth-order valence-electron chi connectivity index (χ4n) is 1.22. The largest absolute Gasteiger partial charge is 0.313 e. The predicted molar refractivity (Wildman–Crippen MR) is 54.5 cm³/mol. The van der Waals surface area contributed by atoms with Gasteiger partial charge in [0.25, 0.3) is 0 Å². The van der Waals surface area contributed by atoms with E-state index in [-0.39, 0.29) is 0 Å². The molecule has 3 nitrogen and oxygen atoms in total. The minimum absolute atomic E-state index is 0.790. The normalized spacial score (nSPS) is 10.3. The summed E-state index contributed by atoms with van der Waals surface area (Å²) in [5, 5.41) is 7.55. The number of hydrogen-bond donors (Lipinski definition) is 1. The molecule has 0 spiro atoms. The summed E-state index contributed by atoms with van der Waals surface area (Å²) in [5.41, 5.74) is 2.49. The number of allylic oxidation sites excluding steroid dienone is 1. The summed E-state index contributed by atoms with van der Waals surface area (Å²) >= 11 is 0. The van der Waals surface area contributed by atoms with E-state index in [0.717, 1.165) is 19.6 Å². The number of aromatic nitrogens is 2. The maximum atomic E-state index is 4.26. The van der Waals surface area contributed by atoms with Gasteiger partial charge in [0.15, 0.2) is 0 Å². The first kappa shape index (κ1) is 9.99. The smallest absolute Gasteiger partial charge is 0.0590 e. The van der Waals surface area contributed by atoms with Gasteiger partial charge in [-0.15, -0.1) is 6.58 Å². The molecule has 1 aromatic rings. The topological polar surface area (TPSA) is 29.9 Å². The van der Waals surface area contributed by atoms with Gasteiger partial charge in [-0.05, 0) is 13.5 Å². The third-order valence-electron chi connectivity index (χ3n) is 2.07. The first-order chi connectivity index (χ1) is 6.29. The molecule has 0 saturated carbocycles. The zero-order valence-corrected chi connectivity index (χ0v) is 8.38. The highest BCUT2D eigenvalue weighted by Crippen LogP contribution is 2.06. The van der Waals surface area contributed by atoms with Crippen molar-refractivity contribution in [2.75, 3.05) is 6.54 Å². The van der Waals surface area contributed by atoms with Crippen molar-refractivity contribution in [1.29, 1.82) is 0 Å². The minimum atomic E-state index is 0.790. The molecule has 3 heteroatoms. The Kier molecular flexibility index (Phi) is 3.71. The molecule has 0 atom stereocenters. The molecule has 72 valence electrons. The van der Waals surface area contributed by atoms with E-state index in [2.05, 4.69) is 30.8 Å².